The first kappa shape index (κ1) is 12.7. The van der Waals surface area contributed by atoms with E-state index in [-0.39, 0.29) is 5.56 Å². The van der Waals surface area contributed by atoms with Crippen LogP contribution in [0.5, 0.6) is 0 Å². The fraction of sp³-hybridized carbons (Fsp3) is 0.462. The van der Waals surface area contributed by atoms with E-state index in [4.69, 9.17) is 5.26 Å². The molecule has 2 nitrogen and oxygen atoms in total. The number of hydrogen-bond donors (Lipinski definition) is 0. The Kier molecular flexibility index (Phi) is 3.20. The van der Waals surface area contributed by atoms with E-state index in [0.717, 1.165) is 25.5 Å². The van der Waals surface area contributed by atoms with E-state index in [2.05, 4.69) is 0 Å². The number of benzene rings is 1. The summed E-state index contributed by atoms with van der Waals surface area (Å²) in [6.07, 6.45) is -2.19. The van der Waals surface area contributed by atoms with Crippen LogP contribution in [0.25, 0.3) is 0 Å². The minimum Gasteiger partial charge on any atom is -0.374 e. The zero-order chi connectivity index (χ0) is 13.3. The van der Waals surface area contributed by atoms with Crippen LogP contribution in [-0.2, 0) is 6.18 Å². The predicted octanol–water partition coefficient (Wildman–Crippen LogP) is 3.42. The van der Waals surface area contributed by atoms with Crippen LogP contribution in [0.1, 0.15) is 24.0 Å². The SMILES string of the molecule is CN(CC1CC1)c1ccc(C#N)c(C(F)(F)F)c1. The van der Waals surface area contributed by atoms with Gasteiger partial charge >= 0.3 is 6.18 Å². The zero-order valence-electron chi connectivity index (χ0n) is 9.96. The highest BCUT2D eigenvalue weighted by Crippen LogP contribution is 2.35. The molecule has 0 amide bonds. The van der Waals surface area contributed by atoms with Crippen molar-refractivity contribution >= 4 is 5.69 Å². The molecule has 2 rings (SSSR count). The molecule has 18 heavy (non-hydrogen) atoms. The topological polar surface area (TPSA) is 27.0 Å². The summed E-state index contributed by atoms with van der Waals surface area (Å²) in [5, 5.41) is 8.70. The largest absolute Gasteiger partial charge is 0.417 e. The van der Waals surface area contributed by atoms with Crippen LogP contribution in [0.2, 0.25) is 0 Å². The van der Waals surface area contributed by atoms with Crippen LogP contribution >= 0.6 is 0 Å². The number of nitrogens with zero attached hydrogens (tertiary/aromatic N) is 2. The van der Waals surface area contributed by atoms with Gasteiger partial charge in [0.15, 0.2) is 0 Å². The Morgan fingerprint density at radius 2 is 2.06 bits per heavy atom. The van der Waals surface area contributed by atoms with Crippen LogP contribution in [-0.4, -0.2) is 13.6 Å². The highest BCUT2D eigenvalue weighted by atomic mass is 19.4. The minimum absolute atomic E-state index is 0.328. The van der Waals surface area contributed by atoms with Crippen LogP contribution in [0.15, 0.2) is 18.2 Å². The van der Waals surface area contributed by atoms with E-state index in [0.29, 0.717) is 11.6 Å². The Labute approximate surface area is 104 Å². The van der Waals surface area contributed by atoms with Crippen molar-refractivity contribution in [1.29, 1.82) is 5.26 Å². The van der Waals surface area contributed by atoms with Crippen molar-refractivity contribution < 1.29 is 13.2 Å². The van der Waals surface area contributed by atoms with Crippen molar-refractivity contribution in [2.24, 2.45) is 5.92 Å². The summed E-state index contributed by atoms with van der Waals surface area (Å²) in [6.45, 7) is 0.767. The second kappa shape index (κ2) is 4.52. The molecule has 0 saturated heterocycles. The van der Waals surface area contributed by atoms with Crippen molar-refractivity contribution in [3.8, 4) is 6.07 Å². The molecule has 1 aliphatic rings. The van der Waals surface area contributed by atoms with Crippen LogP contribution in [0.3, 0.4) is 0 Å². The van der Waals surface area contributed by atoms with Gasteiger partial charge in [-0.25, -0.2) is 0 Å². The fourth-order valence-corrected chi connectivity index (χ4v) is 1.89. The number of anilines is 1. The lowest BCUT2D eigenvalue weighted by atomic mass is 10.1. The standard InChI is InChI=1S/C13H13F3N2/c1-18(8-9-2-3-9)11-5-4-10(7-17)12(6-11)13(14,15)16/h4-6,9H,2-3,8H2,1H3. The first-order chi connectivity index (χ1) is 8.41. The van der Waals surface area contributed by atoms with Gasteiger partial charge in [-0.15, -0.1) is 0 Å². The molecular weight excluding hydrogens is 241 g/mol. The van der Waals surface area contributed by atoms with Gasteiger partial charge in [0.2, 0.25) is 0 Å². The first-order valence-corrected chi connectivity index (χ1v) is 5.74. The minimum atomic E-state index is -4.48. The average molecular weight is 254 g/mol. The molecule has 0 heterocycles. The molecule has 1 fully saturated rings. The monoisotopic (exact) mass is 254 g/mol. The average Bonchev–Trinajstić information content (AvgIpc) is 3.11. The van der Waals surface area contributed by atoms with Crippen molar-refractivity contribution in [3.63, 3.8) is 0 Å². The number of rotatable bonds is 3. The third-order valence-corrected chi connectivity index (χ3v) is 3.10. The van der Waals surface area contributed by atoms with Gasteiger partial charge < -0.3 is 4.90 Å². The molecule has 0 N–H and O–H groups in total. The molecule has 0 aromatic heterocycles. The molecular formula is C13H13F3N2. The van der Waals surface area contributed by atoms with Gasteiger partial charge in [-0.05, 0) is 37.0 Å². The fourth-order valence-electron chi connectivity index (χ4n) is 1.89. The van der Waals surface area contributed by atoms with Crippen LogP contribution < -0.4 is 4.90 Å². The number of halogens is 3. The Hall–Kier alpha value is -1.70. The van der Waals surface area contributed by atoms with Gasteiger partial charge in [0, 0.05) is 19.3 Å². The molecule has 1 aromatic carbocycles. The van der Waals surface area contributed by atoms with E-state index in [1.807, 2.05) is 4.90 Å². The molecule has 0 aliphatic heterocycles. The van der Waals surface area contributed by atoms with Crippen molar-refractivity contribution in [2.75, 3.05) is 18.5 Å². The second-order valence-electron chi connectivity index (χ2n) is 4.66. The molecule has 5 heteroatoms. The highest BCUT2D eigenvalue weighted by Gasteiger charge is 2.34. The molecule has 1 aliphatic carbocycles. The van der Waals surface area contributed by atoms with Gasteiger partial charge in [0.25, 0.3) is 0 Å². The van der Waals surface area contributed by atoms with Crippen LogP contribution in [0.4, 0.5) is 18.9 Å². The van der Waals surface area contributed by atoms with Crippen molar-refractivity contribution in [3.05, 3.63) is 29.3 Å². The Morgan fingerprint density at radius 3 is 2.56 bits per heavy atom. The smallest absolute Gasteiger partial charge is 0.374 e. The lowest BCUT2D eigenvalue weighted by Gasteiger charge is -2.20. The van der Waals surface area contributed by atoms with E-state index in [9.17, 15) is 13.2 Å². The predicted molar refractivity (Wildman–Crippen MR) is 62.2 cm³/mol. The van der Waals surface area contributed by atoms with Crippen molar-refractivity contribution in [2.45, 2.75) is 19.0 Å². The lowest BCUT2D eigenvalue weighted by molar-refractivity contribution is -0.137. The molecule has 0 radical (unpaired) electrons. The maximum absolute atomic E-state index is 12.8. The molecule has 0 unspecified atom stereocenters. The summed E-state index contributed by atoms with van der Waals surface area (Å²) in [6, 6.07) is 5.44. The van der Waals surface area contributed by atoms with Gasteiger partial charge in [-0.2, -0.15) is 18.4 Å². The third-order valence-electron chi connectivity index (χ3n) is 3.10. The van der Waals surface area contributed by atoms with Gasteiger partial charge in [-0.1, -0.05) is 0 Å². The molecule has 0 bridgehead atoms. The maximum atomic E-state index is 12.8. The van der Waals surface area contributed by atoms with Crippen LogP contribution in [0, 0.1) is 17.2 Å². The van der Waals surface area contributed by atoms with Gasteiger partial charge in [0.1, 0.15) is 0 Å². The molecule has 0 atom stereocenters. The summed E-state index contributed by atoms with van der Waals surface area (Å²) in [5.74, 6) is 0.597. The molecule has 1 saturated carbocycles. The van der Waals surface area contributed by atoms with Crippen molar-refractivity contribution in [1.82, 2.24) is 0 Å². The Balaban J connectivity index is 2.30. The number of alkyl halides is 3. The molecule has 96 valence electrons. The summed E-state index contributed by atoms with van der Waals surface area (Å²) in [7, 11) is 1.78. The molecule has 1 aromatic rings. The van der Waals surface area contributed by atoms with E-state index in [1.54, 1.807) is 19.2 Å². The number of nitriles is 1. The Morgan fingerprint density at radius 1 is 1.39 bits per heavy atom. The van der Waals surface area contributed by atoms with Gasteiger partial charge in [-0.3, -0.25) is 0 Å². The normalized spacial score (nSPS) is 15.3. The third kappa shape index (κ3) is 2.76. The summed E-state index contributed by atoms with van der Waals surface area (Å²) in [4.78, 5) is 1.81. The lowest BCUT2D eigenvalue weighted by Crippen LogP contribution is -2.20. The summed E-state index contributed by atoms with van der Waals surface area (Å²) in [5.41, 5.74) is -0.676. The zero-order valence-corrected chi connectivity index (χ0v) is 9.96. The summed E-state index contributed by atoms with van der Waals surface area (Å²) < 4.78 is 38.4. The van der Waals surface area contributed by atoms with E-state index >= 15 is 0 Å². The maximum Gasteiger partial charge on any atom is 0.417 e. The molecule has 0 spiro atoms. The first-order valence-electron chi connectivity index (χ1n) is 5.74. The van der Waals surface area contributed by atoms with Gasteiger partial charge in [0.05, 0.1) is 17.2 Å². The summed E-state index contributed by atoms with van der Waals surface area (Å²) >= 11 is 0. The quantitative estimate of drug-likeness (QED) is 0.826. The van der Waals surface area contributed by atoms with E-state index in [1.165, 1.54) is 6.07 Å². The highest BCUT2D eigenvalue weighted by molar-refractivity contribution is 5.54. The van der Waals surface area contributed by atoms with E-state index < -0.39 is 11.7 Å². The Bertz CT molecular complexity index is 484. The second-order valence-corrected chi connectivity index (χ2v) is 4.66. The number of hydrogen-bond acceptors (Lipinski definition) is 2.